The number of halogens is 3. The van der Waals surface area contributed by atoms with Crippen LogP contribution < -0.4 is 5.48 Å². The van der Waals surface area contributed by atoms with Crippen molar-refractivity contribution >= 4 is 123 Å². The first-order chi connectivity index (χ1) is 63.4. The van der Waals surface area contributed by atoms with E-state index in [1.807, 2.05) is 115 Å². The Labute approximate surface area is 798 Å². The number of aliphatic hydroxyl groups excluding tert-OH is 3. The molecule has 0 aromatic heterocycles. The highest BCUT2D eigenvalue weighted by Crippen LogP contribution is 2.37. The lowest BCUT2D eigenvalue weighted by atomic mass is 9.96. The van der Waals surface area contributed by atoms with Crippen molar-refractivity contribution < 1.29 is 139 Å². The molecule has 5 aliphatic heterocycles. The van der Waals surface area contributed by atoms with Crippen molar-refractivity contribution in [1.82, 2.24) is 5.48 Å². The number of esters is 4. The maximum atomic E-state index is 12.3. The number of hydroxylamine groups is 1. The third-order valence-corrected chi connectivity index (χ3v) is 33.1. The lowest BCUT2D eigenvalue weighted by Crippen LogP contribution is -2.51. The Morgan fingerprint density at radius 3 is 0.844 bits per heavy atom. The van der Waals surface area contributed by atoms with Crippen LogP contribution in [0.4, 0.5) is 8.78 Å². The van der Waals surface area contributed by atoms with E-state index in [1.165, 1.54) is 40.1 Å². The minimum absolute atomic E-state index is 0.00576. The van der Waals surface area contributed by atoms with Crippen molar-refractivity contribution in [3.63, 3.8) is 0 Å². The van der Waals surface area contributed by atoms with Crippen LogP contribution in [0.5, 0.6) is 0 Å². The summed E-state index contributed by atoms with van der Waals surface area (Å²) in [5.41, 5.74) is 13.1. The molecule has 34 nitrogen and oxygen atoms in total. The van der Waals surface area contributed by atoms with Gasteiger partial charge in [-0.15, -0.1) is 6.42 Å². The molecule has 1 amide bonds. The Morgan fingerprint density at radius 1 is 0.407 bits per heavy atom. The van der Waals surface area contributed by atoms with Gasteiger partial charge in [0.25, 0.3) is 5.91 Å². The Hall–Kier alpha value is -10.2. The van der Waals surface area contributed by atoms with Gasteiger partial charge < -0.3 is 58.5 Å². The third kappa shape index (κ3) is 33.1. The zero-order valence-electron chi connectivity index (χ0n) is 78.2. The van der Waals surface area contributed by atoms with Gasteiger partial charge in [0, 0.05) is 112 Å². The number of carbonyl (C=O) groups is 5. The van der Waals surface area contributed by atoms with Crippen molar-refractivity contribution in [2.45, 2.75) is 219 Å². The Balaban J connectivity index is 0.000000295. The molecule has 5 unspecified atom stereocenters. The number of ether oxygens (including phenoxy) is 4. The van der Waals surface area contributed by atoms with E-state index < -0.39 is 133 Å². The molecule has 10 atom stereocenters. The lowest BCUT2D eigenvalue weighted by Gasteiger charge is -2.27. The minimum atomic E-state index is -3.79. The van der Waals surface area contributed by atoms with Gasteiger partial charge in [-0.05, 0) is 170 Å². The molecule has 0 fully saturated rings. The van der Waals surface area contributed by atoms with Crippen LogP contribution in [-0.4, -0.2) is 266 Å². The van der Waals surface area contributed by atoms with E-state index in [0.717, 1.165) is 98.0 Å². The van der Waals surface area contributed by atoms with Gasteiger partial charge in [-0.25, -0.2) is 47.6 Å². The average Bonchev–Trinajstić information content (AvgIpc) is 1.79. The number of hydrogen-bond donors (Lipinski definition) is 5. The maximum absolute atomic E-state index is 12.3. The molecular formula is C93H123BrF2N6O28S5. The molecule has 5 heterocycles. The Bertz CT molecular complexity index is 5570. The highest BCUT2D eigenvalue weighted by molar-refractivity contribution is 9.10. The summed E-state index contributed by atoms with van der Waals surface area (Å²) < 4.78 is 158. The van der Waals surface area contributed by atoms with Crippen molar-refractivity contribution in [1.29, 1.82) is 0 Å². The van der Waals surface area contributed by atoms with Gasteiger partial charge >= 0.3 is 23.9 Å². The van der Waals surface area contributed by atoms with E-state index in [9.17, 15) is 74.8 Å². The van der Waals surface area contributed by atoms with E-state index in [0.29, 0.717) is 87.1 Å². The van der Waals surface area contributed by atoms with Crippen LogP contribution in [0, 0.1) is 24.2 Å². The number of rotatable bonds is 38. The number of alkyl halides is 2. The number of aliphatic hydroxyl groups is 3. The normalized spacial score (nSPS) is 18.8. The van der Waals surface area contributed by atoms with Crippen molar-refractivity contribution in [2.24, 2.45) is 25.8 Å². The van der Waals surface area contributed by atoms with Gasteiger partial charge in [-0.2, -0.15) is 0 Å². The number of terminal acetylenes is 1. The fourth-order valence-electron chi connectivity index (χ4n) is 13.9. The molecule has 10 rings (SSSR count). The first-order valence-corrected chi connectivity index (χ1v) is 53.4. The number of nitrogens with one attached hydrogen (secondary N) is 1. The molecule has 5 aromatic rings. The van der Waals surface area contributed by atoms with Crippen LogP contribution in [0.15, 0.2) is 152 Å². The molecule has 0 aliphatic carbocycles. The van der Waals surface area contributed by atoms with E-state index in [4.69, 9.17) is 63.7 Å². The second-order valence-corrected chi connectivity index (χ2v) is 46.3. The van der Waals surface area contributed by atoms with Gasteiger partial charge in [0.2, 0.25) is 0 Å². The van der Waals surface area contributed by atoms with E-state index in [-0.39, 0.29) is 91.7 Å². The lowest BCUT2D eigenvalue weighted by molar-refractivity contribution is -0.147. The number of hydrogen-bond acceptors (Lipinski definition) is 33. The smallest absolute Gasteiger partial charge is 0.327 e. The molecule has 0 saturated heterocycles. The summed E-state index contributed by atoms with van der Waals surface area (Å²) in [7, 11) is -18.6. The molecule has 0 bridgehead atoms. The van der Waals surface area contributed by atoms with E-state index in [2.05, 4.69) is 60.0 Å². The van der Waals surface area contributed by atoms with Gasteiger partial charge in [0.1, 0.15) is 43.7 Å². The average molecular weight is 2050 g/mol. The first kappa shape index (κ1) is 115. The standard InChI is InChI=1S/C19H26FNO5S.C19H27NO6S.C19H23NO6S.C17H23FN2O5S.C16H20BrNO5S.C3H4O/c1-4-25-18(22)19(2,27(3,23)24)13-16-12-17(21-26-16)15-9-7-14(8-10-15)6-5-11-20;2*1-4-25-18(22)19(2,27(3,23)24)13-16-12-17(20-26-16)15-9-7-14(8-10-15)6-5-11-21;1-17(16(21)19-22,26(2,23)24)11-14-10-15(20-25-14)13-7-5-12(6-8-13)4-3-9-18;1-4-22-15(19)16(2,24(3,20)21)10-13-9-14(18-23-13)11-5-7-12(17)8-6-11;1-2-3-4/h7-10,16H,4-6,11-13H2,1-3H3;7-10,16,21H,4-6,11-13H2,1-3H3;7-10,16,21H,4,11-13H2,1-3H3;5-8,14,22H,3-4,9-11H2,1-2H3,(H,19,21);5-8,13H,4,9-10H2,1-3H3;1,4H,3H2/t3*16?,19-;14?,17-;13?,16-;/m11111./s1. The predicted molar refractivity (Wildman–Crippen MR) is 510 cm³/mol. The van der Waals surface area contributed by atoms with Gasteiger partial charge in [-0.3, -0.25) is 38.0 Å². The Morgan fingerprint density at radius 2 is 0.637 bits per heavy atom. The molecule has 0 radical (unpaired) electrons. The first-order valence-electron chi connectivity index (χ1n) is 43.2. The summed E-state index contributed by atoms with van der Waals surface area (Å²) in [6, 6.07) is 37.7. The monoisotopic (exact) mass is 2050 g/mol. The number of nitrogens with zero attached hydrogens (tertiary/aromatic N) is 5. The SMILES string of the molecule is C#CCO.CCOC(=O)[C@@](C)(CC1CC(c2ccc(Br)cc2)=NO1)S(C)(=O)=O.CCOC(=O)[C@@](C)(CC1CC(c2ccc(C#CCO)cc2)=NO1)S(C)(=O)=O.CCOC(=O)[C@@](C)(CC1CC(c2ccc(CCCF)cc2)=NO1)S(C)(=O)=O.CCOC(=O)[C@@](C)(CC1CC(c2ccc(CCCO)cc2)=NO1)S(C)(=O)=O.C[C@@](CC1CC(c2ccc(CCCF)cc2)=NO1)(C(=O)NO)S(C)(=O)=O. The molecule has 744 valence electrons. The molecule has 5 N–H and O–H groups in total. The fourth-order valence-corrected chi connectivity index (χ4v) is 18.4. The summed E-state index contributed by atoms with van der Waals surface area (Å²) in [6.45, 7) is 12.8. The second kappa shape index (κ2) is 53.0. The van der Waals surface area contributed by atoms with Gasteiger partial charge in [0.15, 0.2) is 72.9 Å². The maximum Gasteiger partial charge on any atom is 0.327 e. The largest absolute Gasteiger partial charge is 0.465 e. The molecule has 0 saturated carbocycles. The summed E-state index contributed by atoms with van der Waals surface area (Å²) >= 11 is 3.37. The predicted octanol–water partition coefficient (Wildman–Crippen LogP) is 10.1. The van der Waals surface area contributed by atoms with Crippen molar-refractivity contribution in [2.75, 3.05) is 90.9 Å². The zero-order valence-corrected chi connectivity index (χ0v) is 83.9. The number of oxime groups is 5. The molecular weight excluding hydrogens is 1930 g/mol. The van der Waals surface area contributed by atoms with E-state index in [1.54, 1.807) is 39.8 Å². The molecule has 5 aliphatic rings. The topological polar surface area (TPSA) is 494 Å². The number of aryl methyl sites for hydroxylation is 3. The van der Waals surface area contributed by atoms with Crippen LogP contribution in [0.1, 0.15) is 196 Å². The quantitative estimate of drug-likeness (QED) is 0.00806. The van der Waals surface area contributed by atoms with Crippen LogP contribution in [0.25, 0.3) is 0 Å². The fraction of sp³-hybridized carbons (Fsp3) is 0.527. The highest BCUT2D eigenvalue weighted by Gasteiger charge is 2.53. The zero-order chi connectivity index (χ0) is 101. The third-order valence-electron chi connectivity index (χ3n) is 22.7. The summed E-state index contributed by atoms with van der Waals surface area (Å²) in [6.07, 6.45) is 12.4. The Kier molecular flexibility index (Phi) is 45.3. The highest BCUT2D eigenvalue weighted by atomic mass is 79.9. The summed E-state index contributed by atoms with van der Waals surface area (Å²) in [5, 5.41) is 54.4. The number of sulfone groups is 5. The molecule has 5 aromatic carbocycles. The minimum Gasteiger partial charge on any atom is -0.465 e. The molecule has 42 heteroatoms. The van der Waals surface area contributed by atoms with Crippen LogP contribution in [-0.2, 0) is 136 Å². The summed E-state index contributed by atoms with van der Waals surface area (Å²) in [4.78, 5) is 87.7. The molecule has 0 spiro atoms. The number of carbonyl (C=O) groups excluding carboxylic acids is 5. The van der Waals surface area contributed by atoms with Crippen molar-refractivity contribution in [3.8, 4) is 24.2 Å². The van der Waals surface area contributed by atoms with Crippen LogP contribution in [0.3, 0.4) is 0 Å². The number of benzene rings is 5. The van der Waals surface area contributed by atoms with E-state index >= 15 is 0 Å². The van der Waals surface area contributed by atoms with Gasteiger partial charge in [-0.1, -0.05) is 157 Å². The number of amides is 1. The second-order valence-electron chi connectivity index (χ2n) is 33.1. The molecule has 135 heavy (non-hydrogen) atoms. The van der Waals surface area contributed by atoms with Crippen LogP contribution >= 0.6 is 15.9 Å². The van der Waals surface area contributed by atoms with Gasteiger partial charge in [0.05, 0.1) is 68.3 Å². The van der Waals surface area contributed by atoms with Crippen LogP contribution in [0.2, 0.25) is 0 Å². The van der Waals surface area contributed by atoms with Crippen molar-refractivity contribution in [3.05, 3.63) is 176 Å². The summed E-state index contributed by atoms with van der Waals surface area (Å²) in [5.74, 6) is 3.28.